The average molecular weight is 335 g/mol. The quantitative estimate of drug-likeness (QED) is 0.910. The zero-order valence-corrected chi connectivity index (χ0v) is 14.1. The molecule has 1 aromatic heterocycles. The van der Waals surface area contributed by atoms with Crippen LogP contribution in [0.5, 0.6) is 0 Å². The fraction of sp³-hybridized carbons (Fsp3) is 0.412. The van der Waals surface area contributed by atoms with Crippen molar-refractivity contribution in [2.45, 2.75) is 25.3 Å². The highest BCUT2D eigenvalue weighted by molar-refractivity contribution is 5.85. The second-order valence-corrected chi connectivity index (χ2v) is 5.75. The van der Waals surface area contributed by atoms with E-state index in [9.17, 15) is 4.79 Å². The van der Waals surface area contributed by atoms with Crippen molar-refractivity contribution < 1.29 is 4.79 Å². The van der Waals surface area contributed by atoms with Crippen molar-refractivity contribution in [1.82, 2.24) is 20.0 Å². The van der Waals surface area contributed by atoms with E-state index in [0.29, 0.717) is 12.5 Å². The first-order chi connectivity index (χ1) is 10.8. The van der Waals surface area contributed by atoms with Gasteiger partial charge in [0.1, 0.15) is 0 Å². The molecule has 1 fully saturated rings. The molecular weight excluding hydrogens is 312 g/mol. The first-order valence-electron chi connectivity index (χ1n) is 7.81. The normalized spacial score (nSPS) is 17.1. The van der Waals surface area contributed by atoms with E-state index in [2.05, 4.69) is 10.4 Å². The Labute approximate surface area is 143 Å². The number of aromatic nitrogens is 2. The number of carbonyl (C=O) groups excluding carboxylic acids is 1. The minimum Gasteiger partial charge on any atom is -0.338 e. The van der Waals surface area contributed by atoms with Gasteiger partial charge in [0.15, 0.2) is 0 Å². The van der Waals surface area contributed by atoms with Crippen LogP contribution in [0, 0.1) is 0 Å². The lowest BCUT2D eigenvalue weighted by molar-refractivity contribution is -0.131. The number of likely N-dealkylation sites (tertiary alicyclic amines) is 1. The Kier molecular flexibility index (Phi) is 6.19. The van der Waals surface area contributed by atoms with Crippen LogP contribution in [-0.2, 0) is 11.2 Å². The van der Waals surface area contributed by atoms with Crippen LogP contribution in [0.3, 0.4) is 0 Å². The van der Waals surface area contributed by atoms with Gasteiger partial charge in [0.2, 0.25) is 5.91 Å². The fourth-order valence-corrected chi connectivity index (χ4v) is 3.06. The molecule has 1 aliphatic rings. The van der Waals surface area contributed by atoms with Gasteiger partial charge < -0.3 is 10.2 Å². The van der Waals surface area contributed by atoms with Gasteiger partial charge in [-0.15, -0.1) is 12.4 Å². The molecule has 2 heterocycles. The first kappa shape index (κ1) is 17.5. The molecule has 23 heavy (non-hydrogen) atoms. The number of likely N-dealkylation sites (N-methyl/N-ethyl adjacent to an activating group) is 1. The number of amides is 1. The summed E-state index contributed by atoms with van der Waals surface area (Å²) in [5, 5.41) is 7.53. The second kappa shape index (κ2) is 8.13. The Hall–Kier alpha value is -1.85. The fourth-order valence-electron chi connectivity index (χ4n) is 3.06. The van der Waals surface area contributed by atoms with Crippen molar-refractivity contribution in [3.63, 3.8) is 0 Å². The Bertz CT molecular complexity index is 629. The number of nitrogens with one attached hydrogen (secondary N) is 1. The molecule has 1 atom stereocenters. The molecule has 0 aliphatic carbocycles. The van der Waals surface area contributed by atoms with Crippen molar-refractivity contribution in [1.29, 1.82) is 0 Å². The van der Waals surface area contributed by atoms with Crippen LogP contribution in [0.1, 0.15) is 18.4 Å². The van der Waals surface area contributed by atoms with Crippen LogP contribution in [0.25, 0.3) is 5.69 Å². The van der Waals surface area contributed by atoms with Crippen LogP contribution >= 0.6 is 12.4 Å². The number of para-hydroxylation sites is 1. The lowest BCUT2D eigenvalue weighted by Crippen LogP contribution is -2.41. The Morgan fingerprint density at radius 2 is 2.13 bits per heavy atom. The molecule has 2 aromatic rings. The summed E-state index contributed by atoms with van der Waals surface area (Å²) in [5.74, 6) is 0.199. The van der Waals surface area contributed by atoms with Crippen molar-refractivity contribution >= 4 is 18.3 Å². The average Bonchev–Trinajstić information content (AvgIpc) is 3.18. The highest BCUT2D eigenvalue weighted by Crippen LogP contribution is 2.18. The third-order valence-corrected chi connectivity index (χ3v) is 4.15. The lowest BCUT2D eigenvalue weighted by atomic mass is 10.2. The van der Waals surface area contributed by atoms with Gasteiger partial charge >= 0.3 is 0 Å². The molecular formula is C17H23ClN4O. The van der Waals surface area contributed by atoms with Gasteiger partial charge in [-0.1, -0.05) is 18.2 Å². The summed E-state index contributed by atoms with van der Waals surface area (Å²) in [6.45, 7) is 1.74. The van der Waals surface area contributed by atoms with Crippen molar-refractivity contribution in [3.8, 4) is 5.69 Å². The monoisotopic (exact) mass is 334 g/mol. The van der Waals surface area contributed by atoms with Crippen LogP contribution in [0.4, 0.5) is 0 Å². The summed E-state index contributed by atoms with van der Waals surface area (Å²) in [5.41, 5.74) is 1.97. The van der Waals surface area contributed by atoms with Gasteiger partial charge in [-0.05, 0) is 37.6 Å². The number of nitrogens with zero attached hydrogens (tertiary/aromatic N) is 3. The van der Waals surface area contributed by atoms with Crippen molar-refractivity contribution in [2.24, 2.45) is 0 Å². The Morgan fingerprint density at radius 1 is 1.35 bits per heavy atom. The minimum atomic E-state index is 0. The van der Waals surface area contributed by atoms with E-state index in [-0.39, 0.29) is 18.3 Å². The van der Waals surface area contributed by atoms with E-state index in [1.54, 1.807) is 6.20 Å². The van der Waals surface area contributed by atoms with Gasteiger partial charge in [-0.3, -0.25) is 4.79 Å². The van der Waals surface area contributed by atoms with E-state index in [1.807, 2.05) is 53.2 Å². The van der Waals surface area contributed by atoms with Gasteiger partial charge in [0.25, 0.3) is 0 Å². The number of hydrogen-bond acceptors (Lipinski definition) is 3. The van der Waals surface area contributed by atoms with Gasteiger partial charge in [-0.2, -0.15) is 5.10 Å². The molecule has 1 unspecified atom stereocenters. The number of hydrogen-bond donors (Lipinski definition) is 1. The Balaban J connectivity index is 0.00000192. The van der Waals surface area contributed by atoms with Gasteiger partial charge in [-0.25, -0.2) is 4.68 Å². The third-order valence-electron chi connectivity index (χ3n) is 4.15. The van der Waals surface area contributed by atoms with Crippen LogP contribution in [0.2, 0.25) is 0 Å². The van der Waals surface area contributed by atoms with Crippen molar-refractivity contribution in [3.05, 3.63) is 48.3 Å². The molecule has 1 aliphatic heterocycles. The smallest absolute Gasteiger partial charge is 0.227 e. The number of halogens is 1. The van der Waals surface area contributed by atoms with Crippen LogP contribution < -0.4 is 5.32 Å². The zero-order valence-electron chi connectivity index (χ0n) is 13.3. The molecule has 124 valence electrons. The summed E-state index contributed by atoms with van der Waals surface area (Å²) in [6.07, 6.45) is 6.34. The molecule has 0 radical (unpaired) electrons. The molecule has 0 spiro atoms. The first-order valence-corrected chi connectivity index (χ1v) is 7.81. The maximum atomic E-state index is 12.5. The highest BCUT2D eigenvalue weighted by Gasteiger charge is 2.28. The number of rotatable bonds is 5. The molecule has 1 amide bonds. The van der Waals surface area contributed by atoms with E-state index in [0.717, 1.165) is 37.2 Å². The summed E-state index contributed by atoms with van der Waals surface area (Å²) in [6, 6.07) is 10.3. The Morgan fingerprint density at radius 3 is 2.87 bits per heavy atom. The molecule has 1 aromatic carbocycles. The SMILES string of the molecule is CNCC1CCCN1C(=O)Cc1cnn(-c2ccccc2)c1.Cl. The standard InChI is InChI=1S/C17H22N4O.ClH/c1-18-12-16-8-5-9-20(16)17(22)10-14-11-19-21(13-14)15-6-3-2-4-7-15;/h2-4,6-7,11,13,16,18H,5,8-10,12H2,1H3;1H. The van der Waals surface area contributed by atoms with Gasteiger partial charge in [0, 0.05) is 25.3 Å². The lowest BCUT2D eigenvalue weighted by Gasteiger charge is -2.24. The molecule has 1 saturated heterocycles. The highest BCUT2D eigenvalue weighted by atomic mass is 35.5. The molecule has 0 bridgehead atoms. The predicted octanol–water partition coefficient (Wildman–Crippen LogP) is 2.05. The summed E-state index contributed by atoms with van der Waals surface area (Å²) >= 11 is 0. The molecule has 6 heteroatoms. The predicted molar refractivity (Wildman–Crippen MR) is 93.2 cm³/mol. The van der Waals surface area contributed by atoms with Crippen LogP contribution in [-0.4, -0.2) is 46.8 Å². The maximum absolute atomic E-state index is 12.5. The summed E-state index contributed by atoms with van der Waals surface area (Å²) in [4.78, 5) is 14.5. The van der Waals surface area contributed by atoms with E-state index in [4.69, 9.17) is 0 Å². The molecule has 1 N–H and O–H groups in total. The topological polar surface area (TPSA) is 50.2 Å². The molecule has 0 saturated carbocycles. The van der Waals surface area contributed by atoms with E-state index >= 15 is 0 Å². The minimum absolute atomic E-state index is 0. The van der Waals surface area contributed by atoms with Crippen molar-refractivity contribution in [2.75, 3.05) is 20.1 Å². The van der Waals surface area contributed by atoms with Gasteiger partial charge in [0.05, 0.1) is 18.3 Å². The van der Waals surface area contributed by atoms with E-state index in [1.165, 1.54) is 0 Å². The summed E-state index contributed by atoms with van der Waals surface area (Å²) in [7, 11) is 1.94. The largest absolute Gasteiger partial charge is 0.338 e. The van der Waals surface area contributed by atoms with Crippen LogP contribution in [0.15, 0.2) is 42.7 Å². The van der Waals surface area contributed by atoms with E-state index < -0.39 is 0 Å². The number of carbonyl (C=O) groups is 1. The number of benzene rings is 1. The third kappa shape index (κ3) is 4.12. The second-order valence-electron chi connectivity index (χ2n) is 5.75. The maximum Gasteiger partial charge on any atom is 0.227 e. The zero-order chi connectivity index (χ0) is 15.4. The molecule has 3 rings (SSSR count). The summed E-state index contributed by atoms with van der Waals surface area (Å²) < 4.78 is 1.82. The molecule has 5 nitrogen and oxygen atoms in total.